The minimum atomic E-state index is -0.530. The molecule has 1 aliphatic rings. The molecule has 1 rings (SSSR count). The van der Waals surface area contributed by atoms with Crippen molar-refractivity contribution in [3.8, 4) is 0 Å². The molecule has 3 N–H and O–H groups in total. The van der Waals surface area contributed by atoms with Crippen molar-refractivity contribution in [2.45, 2.75) is 70.5 Å². The number of hydrogen-bond acceptors (Lipinski definition) is 3. The normalized spacial score (nSPS) is 20.7. The molecule has 0 saturated heterocycles. The zero-order valence-corrected chi connectivity index (χ0v) is 12.3. The van der Waals surface area contributed by atoms with Gasteiger partial charge in [-0.05, 0) is 59.5 Å². The van der Waals surface area contributed by atoms with Crippen LogP contribution in [-0.4, -0.2) is 42.0 Å². The minimum Gasteiger partial charge on any atom is -0.368 e. The largest absolute Gasteiger partial charge is 0.368 e. The summed E-state index contributed by atoms with van der Waals surface area (Å²) in [5.41, 5.74) is 5.00. The highest BCUT2D eigenvalue weighted by Crippen LogP contribution is 2.24. The quantitative estimate of drug-likeness (QED) is 0.656. The lowest BCUT2D eigenvalue weighted by atomic mass is 9.94. The highest BCUT2D eigenvalue weighted by Gasteiger charge is 2.36. The standard InChI is InChI=1S/C14H29N3O/c1-5-11(2)17(4)10-6-9-14(3,13(15)18)16-12-7-8-12/h11-12,16H,5-10H2,1-4H3,(H2,15,18). The van der Waals surface area contributed by atoms with Crippen molar-refractivity contribution in [1.82, 2.24) is 10.2 Å². The summed E-state index contributed by atoms with van der Waals surface area (Å²) in [6.07, 6.45) is 5.33. The van der Waals surface area contributed by atoms with E-state index in [2.05, 4.69) is 31.1 Å². The fourth-order valence-electron chi connectivity index (χ4n) is 2.16. The molecule has 4 heteroatoms. The number of rotatable bonds is 9. The molecule has 1 aliphatic carbocycles. The topological polar surface area (TPSA) is 58.4 Å². The molecule has 0 aromatic rings. The van der Waals surface area contributed by atoms with Crippen LogP contribution in [0.3, 0.4) is 0 Å². The second-order valence-electron chi connectivity index (χ2n) is 5.96. The first-order valence-corrected chi connectivity index (χ1v) is 7.17. The summed E-state index contributed by atoms with van der Waals surface area (Å²) in [6, 6.07) is 1.11. The van der Waals surface area contributed by atoms with E-state index < -0.39 is 5.54 Å². The van der Waals surface area contributed by atoms with Crippen LogP contribution < -0.4 is 11.1 Å². The predicted octanol–water partition coefficient (Wildman–Crippen LogP) is 1.49. The van der Waals surface area contributed by atoms with Crippen LogP contribution in [-0.2, 0) is 4.79 Å². The molecule has 0 spiro atoms. The molecule has 106 valence electrons. The van der Waals surface area contributed by atoms with E-state index in [1.54, 1.807) is 0 Å². The molecule has 0 bridgehead atoms. The lowest BCUT2D eigenvalue weighted by Crippen LogP contribution is -2.54. The highest BCUT2D eigenvalue weighted by molar-refractivity contribution is 5.84. The van der Waals surface area contributed by atoms with Crippen LogP contribution in [0.5, 0.6) is 0 Å². The Morgan fingerprint density at radius 2 is 2.17 bits per heavy atom. The van der Waals surface area contributed by atoms with Crippen LogP contribution >= 0.6 is 0 Å². The molecule has 2 unspecified atom stereocenters. The first kappa shape index (κ1) is 15.4. The average Bonchev–Trinajstić information content (AvgIpc) is 3.11. The van der Waals surface area contributed by atoms with Gasteiger partial charge in [-0.2, -0.15) is 0 Å². The van der Waals surface area contributed by atoms with Gasteiger partial charge >= 0.3 is 0 Å². The maximum Gasteiger partial charge on any atom is 0.237 e. The van der Waals surface area contributed by atoms with E-state index in [1.807, 2.05) is 6.92 Å². The summed E-state index contributed by atoms with van der Waals surface area (Å²) >= 11 is 0. The number of carbonyl (C=O) groups excluding carboxylic acids is 1. The van der Waals surface area contributed by atoms with E-state index in [-0.39, 0.29) is 5.91 Å². The molecule has 0 aliphatic heterocycles. The summed E-state index contributed by atoms with van der Waals surface area (Å²) in [5.74, 6) is -0.222. The molecule has 1 fully saturated rings. The van der Waals surface area contributed by atoms with Crippen LogP contribution in [0, 0.1) is 0 Å². The summed E-state index contributed by atoms with van der Waals surface area (Å²) in [7, 11) is 2.14. The van der Waals surface area contributed by atoms with Gasteiger partial charge < -0.3 is 16.0 Å². The SMILES string of the molecule is CCC(C)N(C)CCCC(C)(NC1CC1)C(N)=O. The van der Waals surface area contributed by atoms with Crippen molar-refractivity contribution >= 4 is 5.91 Å². The number of primary amides is 1. The van der Waals surface area contributed by atoms with Crippen molar-refractivity contribution in [2.24, 2.45) is 5.73 Å². The molecular weight excluding hydrogens is 226 g/mol. The van der Waals surface area contributed by atoms with Gasteiger partial charge in [0.25, 0.3) is 0 Å². The van der Waals surface area contributed by atoms with Crippen molar-refractivity contribution in [3.05, 3.63) is 0 Å². The summed E-state index contributed by atoms with van der Waals surface area (Å²) in [6.45, 7) is 7.39. The van der Waals surface area contributed by atoms with E-state index >= 15 is 0 Å². The fraction of sp³-hybridized carbons (Fsp3) is 0.929. The molecule has 4 nitrogen and oxygen atoms in total. The molecule has 18 heavy (non-hydrogen) atoms. The van der Waals surface area contributed by atoms with Crippen molar-refractivity contribution < 1.29 is 4.79 Å². The second kappa shape index (κ2) is 6.53. The second-order valence-corrected chi connectivity index (χ2v) is 5.96. The van der Waals surface area contributed by atoms with Gasteiger partial charge in [-0.3, -0.25) is 4.79 Å². The summed E-state index contributed by atoms with van der Waals surface area (Å²) < 4.78 is 0. The van der Waals surface area contributed by atoms with Gasteiger partial charge in [0, 0.05) is 12.1 Å². The first-order chi connectivity index (χ1) is 8.39. The van der Waals surface area contributed by atoms with Gasteiger partial charge in [-0.15, -0.1) is 0 Å². The van der Waals surface area contributed by atoms with Crippen molar-refractivity contribution in [3.63, 3.8) is 0 Å². The van der Waals surface area contributed by atoms with E-state index in [0.717, 1.165) is 25.8 Å². The van der Waals surface area contributed by atoms with Gasteiger partial charge in [-0.25, -0.2) is 0 Å². The summed E-state index contributed by atoms with van der Waals surface area (Å²) in [4.78, 5) is 13.9. The van der Waals surface area contributed by atoms with Crippen LogP contribution in [0.25, 0.3) is 0 Å². The fourth-order valence-corrected chi connectivity index (χ4v) is 2.16. The van der Waals surface area contributed by atoms with Gasteiger partial charge in [0.1, 0.15) is 0 Å². The third-order valence-electron chi connectivity index (χ3n) is 4.17. The molecule has 1 amide bonds. The van der Waals surface area contributed by atoms with E-state index in [0.29, 0.717) is 12.1 Å². The molecule has 1 saturated carbocycles. The first-order valence-electron chi connectivity index (χ1n) is 7.17. The third kappa shape index (κ3) is 4.58. The molecule has 0 radical (unpaired) electrons. The minimum absolute atomic E-state index is 0.222. The van der Waals surface area contributed by atoms with Crippen molar-refractivity contribution in [1.29, 1.82) is 0 Å². The number of amides is 1. The Hall–Kier alpha value is -0.610. The molecule has 0 heterocycles. The van der Waals surface area contributed by atoms with Crippen LogP contribution in [0.4, 0.5) is 0 Å². The lowest BCUT2D eigenvalue weighted by molar-refractivity contribution is -0.124. The lowest BCUT2D eigenvalue weighted by Gasteiger charge is -2.29. The van der Waals surface area contributed by atoms with Gasteiger partial charge in [-0.1, -0.05) is 6.92 Å². The molecular formula is C14H29N3O. The molecule has 0 aromatic heterocycles. The van der Waals surface area contributed by atoms with Crippen LogP contribution in [0.15, 0.2) is 0 Å². The maximum atomic E-state index is 11.6. The molecule has 0 aromatic carbocycles. The monoisotopic (exact) mass is 255 g/mol. The highest BCUT2D eigenvalue weighted by atomic mass is 16.1. The smallest absolute Gasteiger partial charge is 0.237 e. The Morgan fingerprint density at radius 3 is 2.61 bits per heavy atom. The van der Waals surface area contributed by atoms with E-state index in [1.165, 1.54) is 12.8 Å². The van der Waals surface area contributed by atoms with Crippen LogP contribution in [0.1, 0.15) is 52.9 Å². The van der Waals surface area contributed by atoms with Gasteiger partial charge in [0.15, 0.2) is 0 Å². The Labute approximate surface area is 111 Å². The van der Waals surface area contributed by atoms with E-state index in [9.17, 15) is 4.79 Å². The zero-order valence-electron chi connectivity index (χ0n) is 12.3. The van der Waals surface area contributed by atoms with Gasteiger partial charge in [0.2, 0.25) is 5.91 Å². The predicted molar refractivity (Wildman–Crippen MR) is 75.4 cm³/mol. The van der Waals surface area contributed by atoms with Crippen molar-refractivity contribution in [2.75, 3.05) is 13.6 Å². The number of nitrogens with zero attached hydrogens (tertiary/aromatic N) is 1. The van der Waals surface area contributed by atoms with Crippen LogP contribution in [0.2, 0.25) is 0 Å². The average molecular weight is 255 g/mol. The van der Waals surface area contributed by atoms with Gasteiger partial charge in [0.05, 0.1) is 5.54 Å². The number of nitrogens with two attached hydrogens (primary N) is 1. The summed E-state index contributed by atoms with van der Waals surface area (Å²) in [5, 5.41) is 3.39. The number of carbonyl (C=O) groups is 1. The Morgan fingerprint density at radius 1 is 1.56 bits per heavy atom. The zero-order chi connectivity index (χ0) is 13.8. The Balaban J connectivity index is 2.35. The Kier molecular flexibility index (Phi) is 5.60. The molecule has 2 atom stereocenters. The third-order valence-corrected chi connectivity index (χ3v) is 4.17. The van der Waals surface area contributed by atoms with E-state index in [4.69, 9.17) is 5.73 Å². The number of hydrogen-bond donors (Lipinski definition) is 2. The number of nitrogens with one attached hydrogen (secondary N) is 1. The Bertz CT molecular complexity index is 278. The maximum absolute atomic E-state index is 11.6.